The third-order valence-corrected chi connectivity index (χ3v) is 5.54. The summed E-state index contributed by atoms with van der Waals surface area (Å²) in [4.78, 5) is 18.2. The summed E-state index contributed by atoms with van der Waals surface area (Å²) in [7, 11) is 0. The molecule has 31 heavy (non-hydrogen) atoms. The maximum atomic E-state index is 14.4. The average molecular weight is 450 g/mol. The molecule has 164 valence electrons. The summed E-state index contributed by atoms with van der Waals surface area (Å²) in [6, 6.07) is 1.54. The molecular formula is C20H21ClFN5O4. The molecule has 4 rings (SSSR count). The number of rotatable bonds is 6. The summed E-state index contributed by atoms with van der Waals surface area (Å²) in [5.74, 6) is 0.306. The highest BCUT2D eigenvalue weighted by molar-refractivity contribution is 6.33. The van der Waals surface area contributed by atoms with Crippen molar-refractivity contribution < 1.29 is 18.8 Å². The molecule has 0 amide bonds. The monoisotopic (exact) mass is 449 g/mol. The number of pyridine rings is 1. The van der Waals surface area contributed by atoms with Crippen LogP contribution in [0, 0.1) is 19.7 Å². The zero-order valence-corrected chi connectivity index (χ0v) is 17.8. The third-order valence-electron chi connectivity index (χ3n) is 5.18. The summed E-state index contributed by atoms with van der Waals surface area (Å²) in [6.45, 7) is 4.40. The van der Waals surface area contributed by atoms with Gasteiger partial charge in [0.05, 0.1) is 49.0 Å². The number of nitrogens with zero attached hydrogens (tertiary/aromatic N) is 5. The Balaban J connectivity index is 1.51. The van der Waals surface area contributed by atoms with Crippen LogP contribution in [-0.2, 0) is 6.54 Å². The lowest BCUT2D eigenvalue weighted by atomic mass is 10.1. The predicted molar refractivity (Wildman–Crippen MR) is 111 cm³/mol. The van der Waals surface area contributed by atoms with Crippen LogP contribution in [0.4, 0.5) is 10.1 Å². The molecule has 0 saturated carbocycles. The van der Waals surface area contributed by atoms with E-state index in [0.717, 1.165) is 10.9 Å². The molecule has 1 saturated heterocycles. The minimum absolute atomic E-state index is 0.0460. The normalized spacial score (nSPS) is 16.2. The van der Waals surface area contributed by atoms with Gasteiger partial charge in [-0.15, -0.1) is 0 Å². The van der Waals surface area contributed by atoms with Gasteiger partial charge in [0.2, 0.25) is 5.88 Å². The Morgan fingerprint density at radius 1 is 1.39 bits per heavy atom. The Kier molecular flexibility index (Phi) is 5.92. The number of ether oxygens (including phenoxy) is 1. The van der Waals surface area contributed by atoms with E-state index < -0.39 is 11.4 Å². The number of aliphatic hydroxyl groups excluding tert-OH is 1. The molecule has 0 aliphatic carbocycles. The minimum Gasteiger partial charge on any atom is -0.472 e. The molecule has 1 atom stereocenters. The first-order valence-electron chi connectivity index (χ1n) is 9.76. The van der Waals surface area contributed by atoms with Gasteiger partial charge in [0.1, 0.15) is 22.7 Å². The molecule has 1 aliphatic rings. The van der Waals surface area contributed by atoms with Gasteiger partial charge in [-0.05, 0) is 13.8 Å². The van der Waals surface area contributed by atoms with Gasteiger partial charge >= 0.3 is 0 Å². The number of anilines is 1. The highest BCUT2D eigenvalue weighted by atomic mass is 35.5. The molecule has 1 N–H and O–H groups in total. The largest absolute Gasteiger partial charge is 0.472 e. The fourth-order valence-electron chi connectivity index (χ4n) is 3.69. The van der Waals surface area contributed by atoms with Gasteiger partial charge in [0, 0.05) is 24.6 Å². The second kappa shape index (κ2) is 8.64. The molecule has 1 aliphatic heterocycles. The van der Waals surface area contributed by atoms with Gasteiger partial charge in [0.15, 0.2) is 0 Å². The first-order chi connectivity index (χ1) is 14.9. The second-order valence-electron chi connectivity index (χ2n) is 7.27. The van der Waals surface area contributed by atoms with Crippen molar-refractivity contribution in [2.45, 2.75) is 32.9 Å². The van der Waals surface area contributed by atoms with Crippen LogP contribution in [0.25, 0.3) is 11.1 Å². The molecule has 0 unspecified atom stereocenters. The van der Waals surface area contributed by atoms with Crippen molar-refractivity contribution in [3.8, 4) is 17.0 Å². The molecule has 11 heteroatoms. The second-order valence-corrected chi connectivity index (χ2v) is 7.65. The molecule has 1 fully saturated rings. The van der Waals surface area contributed by atoms with Crippen molar-refractivity contribution in [3.63, 3.8) is 0 Å². The van der Waals surface area contributed by atoms with E-state index in [1.165, 1.54) is 12.3 Å². The van der Waals surface area contributed by atoms with E-state index in [4.69, 9.17) is 26.0 Å². The van der Waals surface area contributed by atoms with Crippen LogP contribution in [-0.4, -0.2) is 50.8 Å². The van der Waals surface area contributed by atoms with Crippen molar-refractivity contribution in [1.29, 1.82) is 0 Å². The highest BCUT2D eigenvalue weighted by Gasteiger charge is 2.28. The SMILES string of the molecule is Cc1noc(C)c1-c1cc(O[C@@H]2CCN(c3cnn(CCO)c(=O)c3Cl)C2)ncc1F. The third kappa shape index (κ3) is 4.13. The Morgan fingerprint density at radius 2 is 2.19 bits per heavy atom. The minimum atomic E-state index is -0.490. The number of hydrogen-bond acceptors (Lipinski definition) is 8. The fourth-order valence-corrected chi connectivity index (χ4v) is 3.95. The number of aliphatic hydroxyl groups is 1. The molecule has 9 nitrogen and oxygen atoms in total. The summed E-state index contributed by atoms with van der Waals surface area (Å²) in [5.41, 5.74) is 1.53. The summed E-state index contributed by atoms with van der Waals surface area (Å²) in [5, 5.41) is 17.0. The first kappa shape index (κ1) is 21.3. The Bertz CT molecular complexity index is 1150. The van der Waals surface area contributed by atoms with E-state index in [9.17, 15) is 9.18 Å². The lowest BCUT2D eigenvalue weighted by molar-refractivity contribution is 0.215. The zero-order chi connectivity index (χ0) is 22.1. The smallest absolute Gasteiger partial charge is 0.287 e. The Labute approximate surface area is 182 Å². The van der Waals surface area contributed by atoms with Crippen LogP contribution in [0.5, 0.6) is 5.88 Å². The zero-order valence-electron chi connectivity index (χ0n) is 17.0. The van der Waals surface area contributed by atoms with Crippen molar-refractivity contribution in [2.75, 3.05) is 24.6 Å². The van der Waals surface area contributed by atoms with Gasteiger partial charge < -0.3 is 19.3 Å². The number of aromatic nitrogens is 4. The molecule has 3 aromatic heterocycles. The number of aryl methyl sites for hydroxylation is 2. The van der Waals surface area contributed by atoms with Gasteiger partial charge in [-0.2, -0.15) is 5.10 Å². The highest BCUT2D eigenvalue weighted by Crippen LogP contribution is 2.32. The number of halogens is 2. The molecule has 0 bridgehead atoms. The fraction of sp³-hybridized carbons (Fsp3) is 0.400. The summed E-state index contributed by atoms with van der Waals surface area (Å²) < 4.78 is 26.6. The van der Waals surface area contributed by atoms with Crippen LogP contribution < -0.4 is 15.2 Å². The van der Waals surface area contributed by atoms with Crippen LogP contribution in [0.15, 0.2) is 27.8 Å². The van der Waals surface area contributed by atoms with E-state index in [0.29, 0.717) is 47.8 Å². The lowest BCUT2D eigenvalue weighted by Crippen LogP contribution is -2.30. The average Bonchev–Trinajstić information content (AvgIpc) is 3.33. The topological polar surface area (TPSA) is 107 Å². The van der Waals surface area contributed by atoms with Crippen molar-refractivity contribution >= 4 is 17.3 Å². The standard InChI is InChI=1S/C20H21ClFN5O4/c1-11-18(12(2)31-25-11)14-7-17(23-8-15(14)22)30-13-3-4-26(10-13)16-9-24-27(5-6-28)20(29)19(16)21/h7-9,13,28H,3-6,10H2,1-2H3/t13-/m1/s1. The van der Waals surface area contributed by atoms with Gasteiger partial charge in [-0.25, -0.2) is 14.1 Å². The number of hydrogen-bond donors (Lipinski definition) is 1. The predicted octanol–water partition coefficient (Wildman–Crippen LogP) is 2.35. The van der Waals surface area contributed by atoms with E-state index in [1.807, 2.05) is 4.90 Å². The van der Waals surface area contributed by atoms with Crippen molar-refractivity contribution in [3.05, 3.63) is 51.1 Å². The van der Waals surface area contributed by atoms with E-state index >= 15 is 0 Å². The maximum absolute atomic E-state index is 14.4. The van der Waals surface area contributed by atoms with Crippen molar-refractivity contribution in [1.82, 2.24) is 19.9 Å². The maximum Gasteiger partial charge on any atom is 0.287 e. The van der Waals surface area contributed by atoms with E-state index in [1.54, 1.807) is 13.8 Å². The summed E-state index contributed by atoms with van der Waals surface area (Å²) in [6.07, 6.45) is 3.06. The van der Waals surface area contributed by atoms with Crippen LogP contribution in [0.2, 0.25) is 5.02 Å². The van der Waals surface area contributed by atoms with Crippen LogP contribution in [0.1, 0.15) is 17.9 Å². The van der Waals surface area contributed by atoms with Gasteiger partial charge in [-0.1, -0.05) is 16.8 Å². The van der Waals surface area contributed by atoms with Crippen LogP contribution >= 0.6 is 11.6 Å². The van der Waals surface area contributed by atoms with Gasteiger partial charge in [0.25, 0.3) is 5.56 Å². The molecule has 0 spiro atoms. The van der Waals surface area contributed by atoms with Crippen LogP contribution in [0.3, 0.4) is 0 Å². The van der Waals surface area contributed by atoms with E-state index in [2.05, 4.69) is 15.2 Å². The Morgan fingerprint density at radius 3 is 2.90 bits per heavy atom. The van der Waals surface area contributed by atoms with Gasteiger partial charge in [-0.3, -0.25) is 4.79 Å². The summed E-state index contributed by atoms with van der Waals surface area (Å²) >= 11 is 6.24. The lowest BCUT2D eigenvalue weighted by Gasteiger charge is -2.20. The Hall–Kier alpha value is -2.98. The van der Waals surface area contributed by atoms with E-state index in [-0.39, 0.29) is 30.2 Å². The first-order valence-corrected chi connectivity index (χ1v) is 10.1. The molecule has 4 heterocycles. The molecule has 0 radical (unpaired) electrons. The molecule has 3 aromatic rings. The quantitative estimate of drug-likeness (QED) is 0.611. The molecular weight excluding hydrogens is 429 g/mol. The van der Waals surface area contributed by atoms with Crippen molar-refractivity contribution in [2.24, 2.45) is 0 Å². The molecule has 0 aromatic carbocycles.